The standard InChI is InChI=1S/C21H19NOS/c1-2-15-21(17-10-5-3-6-11-17,18-12-7-4-8-13-18)22-20(23)19-14-9-16-24-19/h2-14,16H,1,15H2,(H,22,23). The van der Waals surface area contributed by atoms with Crippen LogP contribution in [0.25, 0.3) is 0 Å². The van der Waals surface area contributed by atoms with Crippen molar-refractivity contribution < 1.29 is 4.79 Å². The summed E-state index contributed by atoms with van der Waals surface area (Å²) in [6.45, 7) is 3.92. The van der Waals surface area contributed by atoms with E-state index in [1.54, 1.807) is 0 Å². The molecular formula is C21H19NOS. The molecule has 0 fully saturated rings. The third kappa shape index (κ3) is 3.17. The Kier molecular flexibility index (Phi) is 4.92. The molecule has 3 aromatic rings. The molecule has 1 N–H and O–H groups in total. The van der Waals surface area contributed by atoms with Crippen molar-refractivity contribution in [2.75, 3.05) is 0 Å². The molecule has 0 radical (unpaired) electrons. The van der Waals surface area contributed by atoms with Crippen LogP contribution in [0.2, 0.25) is 0 Å². The number of amides is 1. The van der Waals surface area contributed by atoms with Crippen molar-refractivity contribution in [1.29, 1.82) is 0 Å². The maximum Gasteiger partial charge on any atom is 0.262 e. The Morgan fingerprint density at radius 1 is 0.958 bits per heavy atom. The number of carbonyl (C=O) groups excluding carboxylic acids is 1. The summed E-state index contributed by atoms with van der Waals surface area (Å²) in [4.78, 5) is 13.5. The molecule has 3 heteroatoms. The van der Waals surface area contributed by atoms with E-state index in [2.05, 4.69) is 11.9 Å². The van der Waals surface area contributed by atoms with Gasteiger partial charge in [0.1, 0.15) is 0 Å². The summed E-state index contributed by atoms with van der Waals surface area (Å²) >= 11 is 1.44. The zero-order valence-corrected chi connectivity index (χ0v) is 14.1. The molecule has 1 amide bonds. The van der Waals surface area contributed by atoms with E-state index in [1.807, 2.05) is 84.3 Å². The van der Waals surface area contributed by atoms with Gasteiger partial charge in [0.25, 0.3) is 5.91 Å². The molecule has 0 unspecified atom stereocenters. The molecule has 24 heavy (non-hydrogen) atoms. The van der Waals surface area contributed by atoms with Crippen LogP contribution in [0, 0.1) is 0 Å². The fourth-order valence-corrected chi connectivity index (χ4v) is 3.54. The van der Waals surface area contributed by atoms with E-state index in [-0.39, 0.29) is 5.91 Å². The second-order valence-corrected chi connectivity index (χ2v) is 6.51. The third-order valence-electron chi connectivity index (χ3n) is 4.06. The van der Waals surface area contributed by atoms with Crippen molar-refractivity contribution >= 4 is 17.2 Å². The van der Waals surface area contributed by atoms with Gasteiger partial charge in [-0.2, -0.15) is 0 Å². The maximum atomic E-state index is 12.8. The molecule has 0 spiro atoms. The molecule has 0 aliphatic rings. The average Bonchev–Trinajstić information content (AvgIpc) is 3.17. The van der Waals surface area contributed by atoms with Gasteiger partial charge in [-0.05, 0) is 29.0 Å². The summed E-state index contributed by atoms with van der Waals surface area (Å²) in [7, 11) is 0. The Morgan fingerprint density at radius 2 is 1.54 bits per heavy atom. The van der Waals surface area contributed by atoms with E-state index in [0.29, 0.717) is 11.3 Å². The van der Waals surface area contributed by atoms with Gasteiger partial charge < -0.3 is 5.32 Å². The smallest absolute Gasteiger partial charge is 0.262 e. The molecule has 0 aliphatic carbocycles. The summed E-state index contributed by atoms with van der Waals surface area (Å²) in [5.41, 5.74) is 1.45. The van der Waals surface area contributed by atoms with Gasteiger partial charge in [-0.3, -0.25) is 4.79 Å². The Hall–Kier alpha value is -2.65. The topological polar surface area (TPSA) is 29.1 Å². The quantitative estimate of drug-likeness (QED) is 0.632. The van der Waals surface area contributed by atoms with E-state index in [0.717, 1.165) is 11.1 Å². The Morgan fingerprint density at radius 3 is 2.00 bits per heavy atom. The number of carbonyl (C=O) groups is 1. The zero-order chi connectivity index (χ0) is 16.8. The first-order chi connectivity index (χ1) is 11.8. The van der Waals surface area contributed by atoms with Gasteiger partial charge in [-0.25, -0.2) is 0 Å². The van der Waals surface area contributed by atoms with Gasteiger partial charge in [0.2, 0.25) is 0 Å². The molecule has 0 bridgehead atoms. The van der Waals surface area contributed by atoms with Gasteiger partial charge in [0.05, 0.1) is 10.4 Å². The highest BCUT2D eigenvalue weighted by Crippen LogP contribution is 2.34. The summed E-state index contributed by atoms with van der Waals surface area (Å²) in [5, 5.41) is 5.18. The molecule has 2 aromatic carbocycles. The van der Waals surface area contributed by atoms with Crippen LogP contribution < -0.4 is 5.32 Å². The van der Waals surface area contributed by atoms with Crippen molar-refractivity contribution in [3.05, 3.63) is 107 Å². The highest BCUT2D eigenvalue weighted by Gasteiger charge is 2.35. The molecule has 1 heterocycles. The first kappa shape index (κ1) is 16.2. The molecule has 0 saturated carbocycles. The SMILES string of the molecule is C=CCC(NC(=O)c1cccs1)(c1ccccc1)c1ccccc1. The van der Waals surface area contributed by atoms with Crippen molar-refractivity contribution in [1.82, 2.24) is 5.32 Å². The number of nitrogens with one attached hydrogen (secondary N) is 1. The lowest BCUT2D eigenvalue weighted by Gasteiger charge is -2.35. The lowest BCUT2D eigenvalue weighted by molar-refractivity contribution is 0.0917. The highest BCUT2D eigenvalue weighted by molar-refractivity contribution is 7.12. The molecule has 1 aromatic heterocycles. The number of thiophene rings is 1. The number of hydrogen-bond acceptors (Lipinski definition) is 2. The fraction of sp³-hybridized carbons (Fsp3) is 0.0952. The van der Waals surface area contributed by atoms with Crippen LogP contribution >= 0.6 is 11.3 Å². The second-order valence-electron chi connectivity index (χ2n) is 5.56. The Labute approximate surface area is 146 Å². The number of benzene rings is 2. The molecule has 2 nitrogen and oxygen atoms in total. The van der Waals surface area contributed by atoms with Crippen LogP contribution in [0.15, 0.2) is 90.8 Å². The van der Waals surface area contributed by atoms with Crippen LogP contribution in [-0.2, 0) is 5.54 Å². The van der Waals surface area contributed by atoms with Gasteiger partial charge in [0.15, 0.2) is 0 Å². The van der Waals surface area contributed by atoms with Gasteiger partial charge in [-0.1, -0.05) is 72.8 Å². The fourth-order valence-electron chi connectivity index (χ4n) is 2.92. The summed E-state index contributed by atoms with van der Waals surface area (Å²) in [6, 6.07) is 23.9. The summed E-state index contributed by atoms with van der Waals surface area (Å²) in [6.07, 6.45) is 2.47. The third-order valence-corrected chi connectivity index (χ3v) is 4.92. The minimum absolute atomic E-state index is 0.0699. The average molecular weight is 333 g/mol. The van der Waals surface area contributed by atoms with Crippen molar-refractivity contribution in [2.45, 2.75) is 12.0 Å². The number of hydrogen-bond donors (Lipinski definition) is 1. The van der Waals surface area contributed by atoms with E-state index < -0.39 is 5.54 Å². The monoisotopic (exact) mass is 333 g/mol. The minimum atomic E-state index is -0.634. The van der Waals surface area contributed by atoms with Crippen LogP contribution in [0.4, 0.5) is 0 Å². The second kappa shape index (κ2) is 7.28. The highest BCUT2D eigenvalue weighted by atomic mass is 32.1. The van der Waals surface area contributed by atoms with Crippen LogP contribution in [0.5, 0.6) is 0 Å². The van der Waals surface area contributed by atoms with E-state index >= 15 is 0 Å². The summed E-state index contributed by atoms with van der Waals surface area (Å²) < 4.78 is 0. The Bertz CT molecular complexity index is 755. The van der Waals surface area contributed by atoms with Gasteiger partial charge in [-0.15, -0.1) is 17.9 Å². The minimum Gasteiger partial charge on any atom is -0.337 e. The van der Waals surface area contributed by atoms with Crippen LogP contribution in [-0.4, -0.2) is 5.91 Å². The first-order valence-electron chi connectivity index (χ1n) is 7.84. The van der Waals surface area contributed by atoms with Crippen molar-refractivity contribution in [3.8, 4) is 0 Å². The maximum absolute atomic E-state index is 12.8. The lowest BCUT2D eigenvalue weighted by Crippen LogP contribution is -2.46. The molecule has 0 aliphatic heterocycles. The van der Waals surface area contributed by atoms with E-state index in [4.69, 9.17) is 0 Å². The first-order valence-corrected chi connectivity index (χ1v) is 8.72. The van der Waals surface area contributed by atoms with E-state index in [1.165, 1.54) is 11.3 Å². The molecular weight excluding hydrogens is 314 g/mol. The molecule has 3 rings (SSSR count). The van der Waals surface area contributed by atoms with Crippen molar-refractivity contribution in [3.63, 3.8) is 0 Å². The predicted octanol–water partition coefficient (Wildman–Crippen LogP) is 5.00. The largest absolute Gasteiger partial charge is 0.337 e. The summed E-state index contributed by atoms with van der Waals surface area (Å²) in [5.74, 6) is -0.0699. The Balaban J connectivity index is 2.11. The predicted molar refractivity (Wildman–Crippen MR) is 100 cm³/mol. The van der Waals surface area contributed by atoms with Crippen LogP contribution in [0.3, 0.4) is 0 Å². The van der Waals surface area contributed by atoms with Gasteiger partial charge >= 0.3 is 0 Å². The molecule has 120 valence electrons. The van der Waals surface area contributed by atoms with Crippen molar-refractivity contribution in [2.24, 2.45) is 0 Å². The lowest BCUT2D eigenvalue weighted by atomic mass is 9.80. The normalized spacial score (nSPS) is 11.0. The number of rotatable bonds is 6. The zero-order valence-electron chi connectivity index (χ0n) is 13.3. The molecule has 0 saturated heterocycles. The van der Waals surface area contributed by atoms with Crippen LogP contribution in [0.1, 0.15) is 27.2 Å². The molecule has 0 atom stereocenters. The van der Waals surface area contributed by atoms with E-state index in [9.17, 15) is 4.79 Å². The van der Waals surface area contributed by atoms with Gasteiger partial charge in [0, 0.05) is 0 Å².